The molecular formula is C20H29N5O2. The summed E-state index contributed by atoms with van der Waals surface area (Å²) in [6, 6.07) is 10.3. The molecule has 0 bridgehead atoms. The number of benzene rings is 1. The van der Waals surface area contributed by atoms with Crippen LogP contribution in [0.2, 0.25) is 0 Å². The van der Waals surface area contributed by atoms with Crippen LogP contribution in [0.15, 0.2) is 47.7 Å². The highest BCUT2D eigenvalue weighted by molar-refractivity contribution is 5.79. The van der Waals surface area contributed by atoms with Crippen molar-refractivity contribution in [2.75, 3.05) is 26.2 Å². The minimum Gasteiger partial charge on any atom is -0.466 e. The maximum absolute atomic E-state index is 11.3. The quantitative estimate of drug-likeness (QED) is 0.290. The number of nitrogens with zero attached hydrogens (tertiary/aromatic N) is 3. The van der Waals surface area contributed by atoms with E-state index in [0.29, 0.717) is 26.0 Å². The first-order valence-electron chi connectivity index (χ1n) is 9.49. The summed E-state index contributed by atoms with van der Waals surface area (Å²) in [4.78, 5) is 15.8. The van der Waals surface area contributed by atoms with Crippen molar-refractivity contribution < 1.29 is 9.53 Å². The molecule has 0 aliphatic carbocycles. The maximum atomic E-state index is 11.3. The van der Waals surface area contributed by atoms with Gasteiger partial charge in [-0.2, -0.15) is 5.10 Å². The maximum Gasteiger partial charge on any atom is 0.305 e. The van der Waals surface area contributed by atoms with Gasteiger partial charge in [0.1, 0.15) is 0 Å². The van der Waals surface area contributed by atoms with Gasteiger partial charge in [0.15, 0.2) is 5.96 Å². The highest BCUT2D eigenvalue weighted by Gasteiger charge is 2.02. The fourth-order valence-corrected chi connectivity index (χ4v) is 2.55. The van der Waals surface area contributed by atoms with Gasteiger partial charge in [0.2, 0.25) is 0 Å². The highest BCUT2D eigenvalue weighted by atomic mass is 16.5. The van der Waals surface area contributed by atoms with Crippen LogP contribution < -0.4 is 10.6 Å². The van der Waals surface area contributed by atoms with Crippen LogP contribution in [-0.4, -0.2) is 48.0 Å². The molecule has 2 N–H and O–H groups in total. The molecule has 0 aliphatic heterocycles. The van der Waals surface area contributed by atoms with Gasteiger partial charge in [-0.15, -0.1) is 0 Å². The summed E-state index contributed by atoms with van der Waals surface area (Å²) < 4.78 is 6.76. The Hall–Kier alpha value is -2.83. The summed E-state index contributed by atoms with van der Waals surface area (Å²) in [5.74, 6) is 0.610. The van der Waals surface area contributed by atoms with Crippen molar-refractivity contribution in [2.24, 2.45) is 4.99 Å². The van der Waals surface area contributed by atoms with Crippen LogP contribution >= 0.6 is 0 Å². The van der Waals surface area contributed by atoms with Crippen molar-refractivity contribution in [2.45, 2.75) is 33.1 Å². The predicted octanol–water partition coefficient (Wildman–Crippen LogP) is 2.31. The predicted molar refractivity (Wildman–Crippen MR) is 107 cm³/mol. The molecular weight excluding hydrogens is 342 g/mol. The Kier molecular flexibility index (Phi) is 8.89. The SMILES string of the molecule is CCNC(=NCCCC(=O)OCC)NCCc1ccc(-n2cccn2)cc1. The summed E-state index contributed by atoms with van der Waals surface area (Å²) in [6.07, 6.45) is 5.68. The number of hydrogen-bond acceptors (Lipinski definition) is 4. The van der Waals surface area contributed by atoms with E-state index in [0.717, 1.165) is 31.2 Å². The van der Waals surface area contributed by atoms with E-state index >= 15 is 0 Å². The van der Waals surface area contributed by atoms with Gasteiger partial charge in [0.05, 0.1) is 12.3 Å². The summed E-state index contributed by atoms with van der Waals surface area (Å²) >= 11 is 0. The lowest BCUT2D eigenvalue weighted by atomic mass is 10.1. The van der Waals surface area contributed by atoms with Crippen molar-refractivity contribution in [3.63, 3.8) is 0 Å². The van der Waals surface area contributed by atoms with E-state index in [9.17, 15) is 4.79 Å². The van der Waals surface area contributed by atoms with Crippen LogP contribution in [-0.2, 0) is 16.0 Å². The molecule has 0 fully saturated rings. The summed E-state index contributed by atoms with van der Waals surface area (Å²) in [7, 11) is 0. The Morgan fingerprint density at radius 1 is 1.22 bits per heavy atom. The molecule has 1 aromatic carbocycles. The molecule has 0 spiro atoms. The summed E-state index contributed by atoms with van der Waals surface area (Å²) in [5, 5.41) is 10.8. The van der Waals surface area contributed by atoms with Crippen LogP contribution in [0.1, 0.15) is 32.3 Å². The topological polar surface area (TPSA) is 80.5 Å². The zero-order valence-electron chi connectivity index (χ0n) is 16.1. The lowest BCUT2D eigenvalue weighted by Crippen LogP contribution is -2.38. The average Bonchev–Trinajstić information content (AvgIpc) is 3.21. The van der Waals surface area contributed by atoms with Gasteiger partial charge >= 0.3 is 5.97 Å². The smallest absolute Gasteiger partial charge is 0.305 e. The second-order valence-electron chi connectivity index (χ2n) is 5.96. The van der Waals surface area contributed by atoms with Gasteiger partial charge in [-0.3, -0.25) is 9.79 Å². The van der Waals surface area contributed by atoms with Crippen LogP contribution in [0, 0.1) is 0 Å². The van der Waals surface area contributed by atoms with Crippen LogP contribution in [0.4, 0.5) is 0 Å². The monoisotopic (exact) mass is 371 g/mol. The molecule has 0 aliphatic rings. The van der Waals surface area contributed by atoms with Gasteiger partial charge in [-0.05, 0) is 50.5 Å². The van der Waals surface area contributed by atoms with Gasteiger partial charge in [0, 0.05) is 38.4 Å². The summed E-state index contributed by atoms with van der Waals surface area (Å²) in [6.45, 7) is 6.44. The van der Waals surface area contributed by atoms with Gasteiger partial charge in [-0.25, -0.2) is 4.68 Å². The number of carbonyl (C=O) groups excluding carboxylic acids is 1. The molecule has 0 atom stereocenters. The van der Waals surface area contributed by atoms with Crippen LogP contribution in [0.5, 0.6) is 0 Å². The molecule has 1 aromatic heterocycles. The van der Waals surface area contributed by atoms with Crippen molar-refractivity contribution in [3.05, 3.63) is 48.3 Å². The van der Waals surface area contributed by atoms with Crippen LogP contribution in [0.25, 0.3) is 5.69 Å². The third kappa shape index (κ3) is 7.52. The molecule has 0 saturated carbocycles. The molecule has 2 rings (SSSR count). The van der Waals surface area contributed by atoms with E-state index in [1.165, 1.54) is 5.56 Å². The second kappa shape index (κ2) is 11.7. The Bertz CT molecular complexity index is 696. The number of esters is 1. The number of carbonyl (C=O) groups is 1. The molecule has 146 valence electrons. The lowest BCUT2D eigenvalue weighted by molar-refractivity contribution is -0.143. The van der Waals surface area contributed by atoms with Crippen molar-refractivity contribution in [1.82, 2.24) is 20.4 Å². The first-order chi connectivity index (χ1) is 13.2. The number of hydrogen-bond donors (Lipinski definition) is 2. The normalized spacial score (nSPS) is 11.3. The van der Waals surface area contributed by atoms with Crippen molar-refractivity contribution in [1.29, 1.82) is 0 Å². The number of nitrogens with one attached hydrogen (secondary N) is 2. The molecule has 0 radical (unpaired) electrons. The molecule has 2 aromatic rings. The zero-order chi connectivity index (χ0) is 19.3. The number of guanidine groups is 1. The molecule has 7 heteroatoms. The van der Waals surface area contributed by atoms with Crippen molar-refractivity contribution >= 4 is 11.9 Å². The van der Waals surface area contributed by atoms with E-state index in [-0.39, 0.29) is 5.97 Å². The largest absolute Gasteiger partial charge is 0.466 e. The Balaban J connectivity index is 1.74. The first kappa shape index (κ1) is 20.5. The molecule has 0 unspecified atom stereocenters. The number of rotatable bonds is 10. The standard InChI is InChI=1S/C20H29N5O2/c1-3-21-20(22-13-5-7-19(26)27-4-2)23-15-12-17-8-10-18(11-9-17)25-16-6-14-24-25/h6,8-11,14,16H,3-5,7,12-13,15H2,1-2H3,(H2,21,22,23). The fourth-order valence-electron chi connectivity index (χ4n) is 2.55. The Morgan fingerprint density at radius 3 is 2.70 bits per heavy atom. The summed E-state index contributed by atoms with van der Waals surface area (Å²) in [5.41, 5.74) is 2.30. The van der Waals surface area contributed by atoms with E-state index < -0.39 is 0 Å². The second-order valence-corrected chi connectivity index (χ2v) is 5.96. The lowest BCUT2D eigenvalue weighted by Gasteiger charge is -2.11. The highest BCUT2D eigenvalue weighted by Crippen LogP contribution is 2.08. The molecule has 1 heterocycles. The molecule has 7 nitrogen and oxygen atoms in total. The van der Waals surface area contributed by atoms with E-state index in [1.807, 2.05) is 30.8 Å². The molecule has 27 heavy (non-hydrogen) atoms. The zero-order valence-corrected chi connectivity index (χ0v) is 16.1. The number of ether oxygens (including phenoxy) is 1. The minimum atomic E-state index is -0.163. The van der Waals surface area contributed by atoms with Gasteiger partial charge in [0.25, 0.3) is 0 Å². The minimum absolute atomic E-state index is 0.163. The fraction of sp³-hybridized carbons (Fsp3) is 0.450. The van der Waals surface area contributed by atoms with E-state index in [1.54, 1.807) is 6.20 Å². The third-order valence-corrected chi connectivity index (χ3v) is 3.87. The first-order valence-corrected chi connectivity index (χ1v) is 9.49. The average molecular weight is 371 g/mol. The molecule has 0 amide bonds. The molecule has 0 saturated heterocycles. The van der Waals surface area contributed by atoms with Gasteiger partial charge in [-0.1, -0.05) is 12.1 Å². The number of aliphatic imine (C=N–C) groups is 1. The van der Waals surface area contributed by atoms with E-state index in [2.05, 4.69) is 45.0 Å². The van der Waals surface area contributed by atoms with E-state index in [4.69, 9.17) is 4.74 Å². The Morgan fingerprint density at radius 2 is 2.04 bits per heavy atom. The Labute approximate surface area is 160 Å². The third-order valence-electron chi connectivity index (χ3n) is 3.87. The number of aromatic nitrogens is 2. The van der Waals surface area contributed by atoms with Gasteiger partial charge < -0.3 is 15.4 Å². The van der Waals surface area contributed by atoms with Crippen LogP contribution in [0.3, 0.4) is 0 Å². The van der Waals surface area contributed by atoms with Crippen molar-refractivity contribution in [3.8, 4) is 5.69 Å².